The molecular formula is C18H28N4O3. The molecule has 2 saturated carbocycles. The first-order valence-electron chi connectivity index (χ1n) is 9.40. The van der Waals surface area contributed by atoms with Crippen LogP contribution in [-0.4, -0.2) is 28.5 Å². The van der Waals surface area contributed by atoms with Gasteiger partial charge in [-0.2, -0.15) is 4.98 Å². The highest BCUT2D eigenvalue weighted by Crippen LogP contribution is 2.37. The Balaban J connectivity index is 1.57. The molecule has 7 heteroatoms. The predicted octanol–water partition coefficient (Wildman–Crippen LogP) is 2.21. The molecule has 25 heavy (non-hydrogen) atoms. The van der Waals surface area contributed by atoms with Crippen LogP contribution in [0.1, 0.15) is 70.0 Å². The second-order valence-electron chi connectivity index (χ2n) is 7.54. The molecule has 3 rings (SSSR count). The molecular weight excluding hydrogens is 320 g/mol. The fourth-order valence-electron chi connectivity index (χ4n) is 3.68. The Hall–Kier alpha value is -1.92. The maximum atomic E-state index is 12.5. The summed E-state index contributed by atoms with van der Waals surface area (Å²) in [6.07, 6.45) is 7.25. The molecule has 2 N–H and O–H groups in total. The Kier molecular flexibility index (Phi) is 5.39. The van der Waals surface area contributed by atoms with Gasteiger partial charge >= 0.3 is 0 Å². The van der Waals surface area contributed by atoms with E-state index in [0.29, 0.717) is 24.2 Å². The van der Waals surface area contributed by atoms with Crippen molar-refractivity contribution < 1.29 is 14.1 Å². The second kappa shape index (κ2) is 7.54. The minimum Gasteiger partial charge on any atom is -0.355 e. The van der Waals surface area contributed by atoms with Crippen molar-refractivity contribution in [2.75, 3.05) is 6.54 Å². The first-order valence-corrected chi connectivity index (χ1v) is 9.40. The average molecular weight is 348 g/mol. The molecule has 138 valence electrons. The number of rotatable bonds is 6. The zero-order valence-corrected chi connectivity index (χ0v) is 15.1. The zero-order chi connectivity index (χ0) is 17.9. The van der Waals surface area contributed by atoms with Crippen molar-refractivity contribution in [2.45, 2.75) is 70.8 Å². The van der Waals surface area contributed by atoms with Gasteiger partial charge in [0.25, 0.3) is 0 Å². The SMILES string of the molecule is Cc1nc(C2(NC(=O)CCNC(=O)[C@H]3C[C@@H]3C)CCCCCC2)no1. The van der Waals surface area contributed by atoms with Gasteiger partial charge in [-0.1, -0.05) is 37.8 Å². The van der Waals surface area contributed by atoms with Crippen LogP contribution in [0.5, 0.6) is 0 Å². The summed E-state index contributed by atoms with van der Waals surface area (Å²) < 4.78 is 5.15. The lowest BCUT2D eigenvalue weighted by molar-refractivity contribution is -0.124. The zero-order valence-electron chi connectivity index (χ0n) is 15.1. The average Bonchev–Trinajstić information content (AvgIpc) is 3.22. The lowest BCUT2D eigenvalue weighted by Gasteiger charge is -2.30. The second-order valence-corrected chi connectivity index (χ2v) is 7.54. The van der Waals surface area contributed by atoms with E-state index in [4.69, 9.17) is 4.52 Å². The van der Waals surface area contributed by atoms with Crippen molar-refractivity contribution in [1.29, 1.82) is 0 Å². The molecule has 2 aliphatic rings. The number of hydrogen-bond donors (Lipinski definition) is 2. The highest BCUT2D eigenvalue weighted by molar-refractivity contribution is 5.82. The minimum absolute atomic E-state index is 0.0678. The first kappa shape index (κ1) is 17.9. The molecule has 0 spiro atoms. The molecule has 0 aliphatic heterocycles. The highest BCUT2D eigenvalue weighted by Gasteiger charge is 2.40. The number of carbonyl (C=O) groups is 2. The van der Waals surface area contributed by atoms with Gasteiger partial charge < -0.3 is 15.2 Å². The van der Waals surface area contributed by atoms with Gasteiger partial charge in [-0.15, -0.1) is 0 Å². The molecule has 2 fully saturated rings. The van der Waals surface area contributed by atoms with Crippen molar-refractivity contribution in [3.63, 3.8) is 0 Å². The van der Waals surface area contributed by atoms with E-state index in [0.717, 1.165) is 44.9 Å². The van der Waals surface area contributed by atoms with Crippen LogP contribution in [0.15, 0.2) is 4.52 Å². The smallest absolute Gasteiger partial charge is 0.223 e. The number of aromatic nitrogens is 2. The largest absolute Gasteiger partial charge is 0.355 e. The molecule has 2 aliphatic carbocycles. The van der Waals surface area contributed by atoms with Crippen molar-refractivity contribution >= 4 is 11.8 Å². The highest BCUT2D eigenvalue weighted by atomic mass is 16.5. The number of carbonyl (C=O) groups excluding carboxylic acids is 2. The van der Waals surface area contributed by atoms with E-state index in [-0.39, 0.29) is 24.2 Å². The van der Waals surface area contributed by atoms with E-state index >= 15 is 0 Å². The molecule has 7 nitrogen and oxygen atoms in total. The third kappa shape index (κ3) is 4.38. The fraction of sp³-hybridized carbons (Fsp3) is 0.778. The molecule has 0 radical (unpaired) electrons. The maximum Gasteiger partial charge on any atom is 0.223 e. The number of aryl methyl sites for hydroxylation is 1. The normalized spacial score (nSPS) is 25.0. The molecule has 2 atom stereocenters. The van der Waals surface area contributed by atoms with Crippen LogP contribution in [0, 0.1) is 18.8 Å². The van der Waals surface area contributed by atoms with Crippen LogP contribution in [0.4, 0.5) is 0 Å². The van der Waals surface area contributed by atoms with Gasteiger partial charge in [0, 0.05) is 25.8 Å². The molecule has 1 aromatic heterocycles. The van der Waals surface area contributed by atoms with Gasteiger partial charge in [-0.05, 0) is 25.2 Å². The van der Waals surface area contributed by atoms with Crippen molar-refractivity contribution in [3.05, 3.63) is 11.7 Å². The third-order valence-corrected chi connectivity index (χ3v) is 5.39. The standard InChI is InChI=1S/C18H28N4O3/c1-12-11-14(12)16(24)19-10-7-15(23)21-18(8-5-3-4-6-9-18)17-20-13(2)25-22-17/h12,14H,3-11H2,1-2H3,(H,19,24)(H,21,23)/t12-,14-/m0/s1. The van der Waals surface area contributed by atoms with E-state index in [1.807, 2.05) is 0 Å². The lowest BCUT2D eigenvalue weighted by Crippen LogP contribution is -2.47. The van der Waals surface area contributed by atoms with Crippen molar-refractivity contribution in [1.82, 2.24) is 20.8 Å². The maximum absolute atomic E-state index is 12.5. The van der Waals surface area contributed by atoms with Crippen LogP contribution in [-0.2, 0) is 15.1 Å². The molecule has 0 aromatic carbocycles. The number of hydrogen-bond acceptors (Lipinski definition) is 5. The summed E-state index contributed by atoms with van der Waals surface area (Å²) >= 11 is 0. The molecule has 0 bridgehead atoms. The van der Waals surface area contributed by atoms with Crippen LogP contribution in [0.2, 0.25) is 0 Å². The predicted molar refractivity (Wildman–Crippen MR) is 91.5 cm³/mol. The van der Waals surface area contributed by atoms with E-state index in [9.17, 15) is 9.59 Å². The lowest BCUT2D eigenvalue weighted by atomic mass is 9.89. The Bertz CT molecular complexity index is 620. The Labute approximate surface area is 148 Å². The summed E-state index contributed by atoms with van der Waals surface area (Å²) in [5.41, 5.74) is -0.541. The summed E-state index contributed by atoms with van der Waals surface area (Å²) in [7, 11) is 0. The molecule has 0 saturated heterocycles. The first-order chi connectivity index (χ1) is 12.0. The Morgan fingerprint density at radius 1 is 1.24 bits per heavy atom. The minimum atomic E-state index is -0.541. The van der Waals surface area contributed by atoms with Crippen molar-refractivity contribution in [3.8, 4) is 0 Å². The van der Waals surface area contributed by atoms with Gasteiger partial charge in [-0.3, -0.25) is 9.59 Å². The monoisotopic (exact) mass is 348 g/mol. The van der Waals surface area contributed by atoms with Gasteiger partial charge in [-0.25, -0.2) is 0 Å². The van der Waals surface area contributed by atoms with Gasteiger partial charge in [0.05, 0.1) is 0 Å². The van der Waals surface area contributed by atoms with Gasteiger partial charge in [0.15, 0.2) is 5.82 Å². The van der Waals surface area contributed by atoms with Crippen LogP contribution in [0.3, 0.4) is 0 Å². The Morgan fingerprint density at radius 3 is 2.48 bits per heavy atom. The van der Waals surface area contributed by atoms with E-state index in [1.165, 1.54) is 0 Å². The van der Waals surface area contributed by atoms with E-state index < -0.39 is 5.54 Å². The van der Waals surface area contributed by atoms with Crippen LogP contribution in [0.25, 0.3) is 0 Å². The van der Waals surface area contributed by atoms with E-state index in [1.54, 1.807) is 6.92 Å². The summed E-state index contributed by atoms with van der Waals surface area (Å²) in [6.45, 7) is 4.20. The number of amides is 2. The van der Waals surface area contributed by atoms with E-state index in [2.05, 4.69) is 27.7 Å². The topological polar surface area (TPSA) is 97.1 Å². The molecule has 0 unspecified atom stereocenters. The Morgan fingerprint density at radius 2 is 1.92 bits per heavy atom. The molecule has 1 aromatic rings. The van der Waals surface area contributed by atoms with Gasteiger partial charge in [0.2, 0.25) is 17.7 Å². The summed E-state index contributed by atoms with van der Waals surface area (Å²) in [4.78, 5) is 28.7. The number of nitrogens with one attached hydrogen (secondary N) is 2. The number of nitrogens with zero attached hydrogens (tertiary/aromatic N) is 2. The molecule has 2 amide bonds. The summed E-state index contributed by atoms with van der Waals surface area (Å²) in [6, 6.07) is 0. The van der Waals surface area contributed by atoms with Gasteiger partial charge in [0.1, 0.15) is 5.54 Å². The van der Waals surface area contributed by atoms with Crippen molar-refractivity contribution in [2.24, 2.45) is 11.8 Å². The quantitative estimate of drug-likeness (QED) is 0.768. The fourth-order valence-corrected chi connectivity index (χ4v) is 3.68. The molecule has 1 heterocycles. The van der Waals surface area contributed by atoms with Crippen LogP contribution >= 0.6 is 0 Å². The summed E-state index contributed by atoms with van der Waals surface area (Å²) in [5, 5.41) is 10.1. The third-order valence-electron chi connectivity index (χ3n) is 5.39. The summed E-state index contributed by atoms with van der Waals surface area (Å²) in [5.74, 6) is 1.70. The van der Waals surface area contributed by atoms with Crippen LogP contribution < -0.4 is 10.6 Å².